The number of hydrogen-bond acceptors (Lipinski definition) is 0. The maximum absolute atomic E-state index is 2.73. The van der Waals surface area contributed by atoms with Crippen molar-refractivity contribution in [2.24, 2.45) is 5.92 Å². The highest BCUT2D eigenvalue weighted by Gasteiger charge is 2.56. The maximum Gasteiger partial charge on any atom is 0.221 e. The Morgan fingerprint density at radius 3 is 2.47 bits per heavy atom. The third kappa shape index (κ3) is 4.36. The molecule has 8 rings (SSSR count). The molecule has 45 heavy (non-hydrogen) atoms. The minimum absolute atomic E-state index is 0.0490. The molecule has 2 heteroatoms. The van der Waals surface area contributed by atoms with Crippen LogP contribution in [0.1, 0.15) is 69.2 Å². The molecule has 224 valence electrons. The van der Waals surface area contributed by atoms with Crippen molar-refractivity contribution in [3.05, 3.63) is 132 Å². The van der Waals surface area contributed by atoms with Gasteiger partial charge in [0.2, 0.25) is 11.4 Å². The van der Waals surface area contributed by atoms with Crippen molar-refractivity contribution in [2.45, 2.75) is 77.3 Å². The predicted octanol–water partition coefficient (Wildman–Crippen LogP) is 9.73. The number of aryl methyl sites for hydroxylation is 1. The minimum Gasteiger partial charge on any atom is -0.195 e. The van der Waals surface area contributed by atoms with Gasteiger partial charge in [0.05, 0.1) is 22.4 Å². The molecule has 0 fully saturated rings. The van der Waals surface area contributed by atoms with Crippen LogP contribution in [0.5, 0.6) is 0 Å². The topological polar surface area (TPSA) is 7.76 Å². The average molecular weight is 589 g/mol. The molecule has 4 heterocycles. The molecule has 0 bridgehead atoms. The quantitative estimate of drug-likeness (QED) is 0.164. The molecule has 2 aromatic heterocycles. The van der Waals surface area contributed by atoms with Crippen LogP contribution in [-0.2, 0) is 24.8 Å². The monoisotopic (exact) mass is 588 g/mol. The van der Waals surface area contributed by atoms with E-state index in [1.165, 1.54) is 73.6 Å². The summed E-state index contributed by atoms with van der Waals surface area (Å²) in [6.07, 6.45) is 12.7. The number of aromatic nitrogens is 2. The maximum atomic E-state index is 2.73. The molecule has 0 amide bonds. The van der Waals surface area contributed by atoms with Crippen LogP contribution < -0.4 is 9.13 Å². The fraction of sp³-hybridized carbons (Fsp3) is 0.302. The standard InChI is InChI=1S/C43H44N2/c1-4-7-14-30-20-23-37-32(27-30)24-26-45-42(37)36-18-11-9-16-34(36)29-43(45,6-3)38(5-2)40-28-33-22-21-31-15-8-10-17-35(31)41(33)39-19-12-13-25-44(39)40/h8-13,15-27,38,40H,4-7,14,28-29H2,1-3H3/q+2. The molecule has 6 aromatic rings. The van der Waals surface area contributed by atoms with Gasteiger partial charge in [-0.25, -0.2) is 0 Å². The number of rotatable bonds is 7. The van der Waals surface area contributed by atoms with Gasteiger partial charge in [-0.05, 0) is 70.3 Å². The summed E-state index contributed by atoms with van der Waals surface area (Å²) in [7, 11) is 0. The van der Waals surface area contributed by atoms with Crippen LogP contribution in [0, 0.1) is 5.92 Å². The highest BCUT2D eigenvalue weighted by molar-refractivity contribution is 5.97. The average Bonchev–Trinajstić information content (AvgIpc) is 3.10. The Morgan fingerprint density at radius 2 is 1.60 bits per heavy atom. The zero-order valence-electron chi connectivity index (χ0n) is 27.0. The summed E-state index contributed by atoms with van der Waals surface area (Å²) in [5.41, 5.74) is 9.94. The highest BCUT2D eigenvalue weighted by Crippen LogP contribution is 2.47. The zero-order chi connectivity index (χ0) is 30.5. The molecule has 0 aliphatic carbocycles. The third-order valence-electron chi connectivity index (χ3n) is 11.2. The Kier molecular flexibility index (Phi) is 7.05. The molecule has 4 aromatic carbocycles. The van der Waals surface area contributed by atoms with Gasteiger partial charge in [0.25, 0.3) is 0 Å². The Balaban J connectivity index is 1.33. The summed E-state index contributed by atoms with van der Waals surface area (Å²) in [6, 6.07) is 39.7. The summed E-state index contributed by atoms with van der Waals surface area (Å²) in [5.74, 6) is 0.437. The lowest BCUT2D eigenvalue weighted by atomic mass is 9.67. The molecule has 2 nitrogen and oxygen atoms in total. The van der Waals surface area contributed by atoms with Crippen molar-refractivity contribution in [3.63, 3.8) is 0 Å². The van der Waals surface area contributed by atoms with Crippen molar-refractivity contribution < 1.29 is 9.13 Å². The van der Waals surface area contributed by atoms with Gasteiger partial charge in [0.15, 0.2) is 24.0 Å². The van der Waals surface area contributed by atoms with Crippen LogP contribution in [0.2, 0.25) is 0 Å². The van der Waals surface area contributed by atoms with Crippen LogP contribution in [0.25, 0.3) is 44.1 Å². The number of pyridine rings is 2. The Hall–Kier alpha value is -4.30. The van der Waals surface area contributed by atoms with E-state index in [-0.39, 0.29) is 5.54 Å². The van der Waals surface area contributed by atoms with Crippen molar-refractivity contribution in [3.8, 4) is 22.5 Å². The second kappa shape index (κ2) is 11.2. The predicted molar refractivity (Wildman–Crippen MR) is 186 cm³/mol. The van der Waals surface area contributed by atoms with Crippen molar-refractivity contribution in [1.82, 2.24) is 0 Å². The first-order chi connectivity index (χ1) is 22.2. The first-order valence-corrected chi connectivity index (χ1v) is 17.2. The number of unbranched alkanes of at least 4 members (excludes halogenated alkanes) is 1. The van der Waals surface area contributed by atoms with E-state index in [2.05, 4.69) is 145 Å². The van der Waals surface area contributed by atoms with E-state index in [0.717, 1.165) is 32.1 Å². The first kappa shape index (κ1) is 28.2. The van der Waals surface area contributed by atoms with E-state index in [1.54, 1.807) is 0 Å². The smallest absolute Gasteiger partial charge is 0.195 e. The molecule has 3 unspecified atom stereocenters. The van der Waals surface area contributed by atoms with E-state index in [1.807, 2.05) is 0 Å². The van der Waals surface area contributed by atoms with E-state index in [9.17, 15) is 0 Å². The number of hydrogen-bond donors (Lipinski definition) is 0. The van der Waals surface area contributed by atoms with E-state index in [0.29, 0.717) is 12.0 Å². The molecule has 0 saturated heterocycles. The van der Waals surface area contributed by atoms with E-state index >= 15 is 0 Å². The lowest BCUT2D eigenvalue weighted by Crippen LogP contribution is -2.68. The van der Waals surface area contributed by atoms with Crippen LogP contribution in [0.15, 0.2) is 116 Å². The normalized spacial score (nSPS) is 19.0. The molecule has 0 N–H and O–H groups in total. The summed E-state index contributed by atoms with van der Waals surface area (Å²) in [5, 5.41) is 5.43. The highest BCUT2D eigenvalue weighted by atomic mass is 15.1. The fourth-order valence-corrected chi connectivity index (χ4v) is 9.11. The third-order valence-corrected chi connectivity index (χ3v) is 11.2. The van der Waals surface area contributed by atoms with Gasteiger partial charge >= 0.3 is 0 Å². The van der Waals surface area contributed by atoms with E-state index < -0.39 is 0 Å². The number of fused-ring (bicyclic) bond motifs is 10. The van der Waals surface area contributed by atoms with Gasteiger partial charge in [0.1, 0.15) is 0 Å². The Bertz CT molecular complexity index is 2060. The van der Waals surface area contributed by atoms with Crippen LogP contribution >= 0.6 is 0 Å². The van der Waals surface area contributed by atoms with Gasteiger partial charge in [-0.15, -0.1) is 0 Å². The molecular formula is C43H44N2+2. The fourth-order valence-electron chi connectivity index (χ4n) is 9.11. The van der Waals surface area contributed by atoms with Gasteiger partial charge < -0.3 is 0 Å². The summed E-state index contributed by atoms with van der Waals surface area (Å²) in [6.45, 7) is 7.15. The van der Waals surface area contributed by atoms with Crippen LogP contribution in [0.3, 0.4) is 0 Å². The SMILES string of the molecule is CCCCc1ccc2c3[n+](ccc2c1)C(CC)(C(CC)C1Cc2ccc4ccccc4c2-c2cccc[n+]21)Cc1ccccc1-3. The molecule has 2 aliphatic rings. The zero-order valence-corrected chi connectivity index (χ0v) is 27.0. The van der Waals surface area contributed by atoms with Gasteiger partial charge in [0, 0.05) is 37.5 Å². The number of benzene rings is 4. The largest absolute Gasteiger partial charge is 0.221 e. The molecule has 2 aliphatic heterocycles. The summed E-state index contributed by atoms with van der Waals surface area (Å²) >= 11 is 0. The Labute approximate surface area is 268 Å². The van der Waals surface area contributed by atoms with Crippen LogP contribution in [0.4, 0.5) is 0 Å². The molecule has 0 saturated carbocycles. The van der Waals surface area contributed by atoms with Crippen molar-refractivity contribution in [2.75, 3.05) is 0 Å². The lowest BCUT2D eigenvalue weighted by molar-refractivity contribution is -0.791. The molecule has 3 atom stereocenters. The van der Waals surface area contributed by atoms with Gasteiger partial charge in [-0.2, -0.15) is 9.13 Å². The lowest BCUT2D eigenvalue weighted by Gasteiger charge is -2.42. The first-order valence-electron chi connectivity index (χ1n) is 17.2. The molecule has 0 radical (unpaired) electrons. The van der Waals surface area contributed by atoms with Crippen molar-refractivity contribution >= 4 is 21.5 Å². The van der Waals surface area contributed by atoms with Crippen LogP contribution in [-0.4, -0.2) is 0 Å². The van der Waals surface area contributed by atoms with Gasteiger partial charge in [-0.3, -0.25) is 0 Å². The number of nitrogens with zero attached hydrogens (tertiary/aromatic N) is 2. The van der Waals surface area contributed by atoms with Crippen molar-refractivity contribution in [1.29, 1.82) is 0 Å². The molecular weight excluding hydrogens is 544 g/mol. The molecule has 0 spiro atoms. The van der Waals surface area contributed by atoms with E-state index in [4.69, 9.17) is 0 Å². The second-order valence-corrected chi connectivity index (χ2v) is 13.5. The van der Waals surface area contributed by atoms with Gasteiger partial charge in [-0.1, -0.05) is 93.9 Å². The summed E-state index contributed by atoms with van der Waals surface area (Å²) in [4.78, 5) is 0. The second-order valence-electron chi connectivity index (χ2n) is 13.5. The Morgan fingerprint density at radius 1 is 0.756 bits per heavy atom. The minimum atomic E-state index is -0.0490. The summed E-state index contributed by atoms with van der Waals surface area (Å²) < 4.78 is 5.37.